The lowest BCUT2D eigenvalue weighted by Gasteiger charge is -2.07. The summed E-state index contributed by atoms with van der Waals surface area (Å²) < 4.78 is 27.3. The van der Waals surface area contributed by atoms with Crippen molar-refractivity contribution >= 4 is 33.3 Å². The molecule has 0 aliphatic rings. The van der Waals surface area contributed by atoms with Crippen molar-refractivity contribution in [3.8, 4) is 0 Å². The molecule has 0 bridgehead atoms. The number of nitrogens with two attached hydrogens (primary N) is 1. The number of hydrogen-bond acceptors (Lipinski definition) is 3. The Balaban J connectivity index is 2.28. The average Bonchev–Trinajstić information content (AvgIpc) is 2.30. The highest BCUT2D eigenvalue weighted by Crippen LogP contribution is 2.20. The summed E-state index contributed by atoms with van der Waals surface area (Å²) in [6.07, 6.45) is 1.29. The Kier molecular flexibility index (Phi) is 3.75. The van der Waals surface area contributed by atoms with Gasteiger partial charge in [0.2, 0.25) is 0 Å². The molecule has 2 rings (SSSR count). The molecule has 98 valence electrons. The van der Waals surface area contributed by atoms with Gasteiger partial charge in [-0.3, -0.25) is 4.79 Å². The number of pyridine rings is 1. The first-order chi connectivity index (χ1) is 8.97. The van der Waals surface area contributed by atoms with E-state index in [0.29, 0.717) is 5.69 Å². The number of nitrogens with one attached hydrogen (secondary N) is 1. The molecule has 0 radical (unpaired) electrons. The molecule has 1 aromatic heterocycles. The van der Waals surface area contributed by atoms with Gasteiger partial charge in [0.15, 0.2) is 0 Å². The topological polar surface area (TPSA) is 68.0 Å². The summed E-state index contributed by atoms with van der Waals surface area (Å²) in [6, 6.07) is 4.97. The molecule has 1 heterocycles. The van der Waals surface area contributed by atoms with E-state index in [4.69, 9.17) is 5.73 Å². The Bertz CT molecular complexity index is 608. The van der Waals surface area contributed by atoms with Gasteiger partial charge in [-0.25, -0.2) is 13.8 Å². The van der Waals surface area contributed by atoms with E-state index >= 15 is 0 Å². The minimum absolute atomic E-state index is 0.216. The molecule has 0 atom stereocenters. The number of carbonyl (C=O) groups is 1. The first-order valence-corrected chi connectivity index (χ1v) is 5.94. The van der Waals surface area contributed by atoms with Crippen LogP contribution >= 0.6 is 15.9 Å². The average molecular weight is 328 g/mol. The minimum Gasteiger partial charge on any atom is -0.384 e. The zero-order chi connectivity index (χ0) is 14.0. The van der Waals surface area contributed by atoms with Crippen molar-refractivity contribution in [2.75, 3.05) is 11.1 Å². The molecular formula is C12H8BrF2N3O. The standard InChI is InChI=1S/C12H8BrF2N3O/c13-6-3-8(14)11(9(15)4-6)12(19)18-7-1-2-10(16)17-5-7/h1-5H,(H2,16,17)(H,18,19). The molecule has 2 aromatic rings. The summed E-state index contributed by atoms with van der Waals surface area (Å²) in [4.78, 5) is 15.5. The van der Waals surface area contributed by atoms with E-state index < -0.39 is 23.1 Å². The Morgan fingerprint density at radius 2 is 1.89 bits per heavy atom. The van der Waals surface area contributed by atoms with Crippen molar-refractivity contribution in [1.82, 2.24) is 4.98 Å². The maximum Gasteiger partial charge on any atom is 0.261 e. The first kappa shape index (κ1) is 13.4. The van der Waals surface area contributed by atoms with E-state index in [1.807, 2.05) is 0 Å². The van der Waals surface area contributed by atoms with Crippen LogP contribution in [-0.4, -0.2) is 10.9 Å². The lowest BCUT2D eigenvalue weighted by Crippen LogP contribution is -2.16. The van der Waals surface area contributed by atoms with Gasteiger partial charge in [-0.15, -0.1) is 0 Å². The SMILES string of the molecule is Nc1ccc(NC(=O)c2c(F)cc(Br)cc2F)cn1. The Morgan fingerprint density at radius 3 is 2.42 bits per heavy atom. The maximum atomic E-state index is 13.6. The first-order valence-electron chi connectivity index (χ1n) is 5.15. The van der Waals surface area contributed by atoms with E-state index in [1.165, 1.54) is 18.3 Å². The molecule has 3 N–H and O–H groups in total. The molecule has 0 spiro atoms. The van der Waals surface area contributed by atoms with Gasteiger partial charge in [0.25, 0.3) is 5.91 Å². The van der Waals surface area contributed by atoms with Gasteiger partial charge in [-0.1, -0.05) is 15.9 Å². The molecule has 19 heavy (non-hydrogen) atoms. The monoisotopic (exact) mass is 327 g/mol. The number of benzene rings is 1. The van der Waals surface area contributed by atoms with Crippen LogP contribution in [0.25, 0.3) is 0 Å². The summed E-state index contributed by atoms with van der Waals surface area (Å²) in [5.41, 5.74) is 5.02. The summed E-state index contributed by atoms with van der Waals surface area (Å²) in [7, 11) is 0. The molecule has 4 nitrogen and oxygen atoms in total. The van der Waals surface area contributed by atoms with E-state index in [-0.39, 0.29) is 10.3 Å². The second kappa shape index (κ2) is 5.31. The van der Waals surface area contributed by atoms with E-state index in [2.05, 4.69) is 26.2 Å². The number of amides is 1. The fourth-order valence-electron chi connectivity index (χ4n) is 1.43. The van der Waals surface area contributed by atoms with Gasteiger partial charge >= 0.3 is 0 Å². The van der Waals surface area contributed by atoms with Gasteiger partial charge in [0, 0.05) is 4.47 Å². The number of hydrogen-bond donors (Lipinski definition) is 2. The van der Waals surface area contributed by atoms with Gasteiger partial charge in [0.05, 0.1) is 11.9 Å². The zero-order valence-electron chi connectivity index (χ0n) is 9.45. The minimum atomic E-state index is -0.951. The quantitative estimate of drug-likeness (QED) is 0.891. The van der Waals surface area contributed by atoms with Gasteiger partial charge in [-0.05, 0) is 24.3 Å². The fraction of sp³-hybridized carbons (Fsp3) is 0. The third-order valence-corrected chi connectivity index (χ3v) is 2.74. The predicted molar refractivity (Wildman–Crippen MR) is 70.7 cm³/mol. The largest absolute Gasteiger partial charge is 0.384 e. The summed E-state index contributed by atoms with van der Waals surface area (Å²) in [6.45, 7) is 0. The van der Waals surface area contributed by atoms with Crippen molar-refractivity contribution < 1.29 is 13.6 Å². The number of aromatic nitrogens is 1. The molecule has 1 aromatic carbocycles. The molecule has 0 unspecified atom stereocenters. The molecule has 7 heteroatoms. The smallest absolute Gasteiger partial charge is 0.261 e. The van der Waals surface area contributed by atoms with Gasteiger partial charge < -0.3 is 11.1 Å². The van der Waals surface area contributed by atoms with Gasteiger partial charge in [-0.2, -0.15) is 0 Å². The highest BCUT2D eigenvalue weighted by atomic mass is 79.9. The van der Waals surface area contributed by atoms with Crippen molar-refractivity contribution in [3.05, 3.63) is 52.1 Å². The van der Waals surface area contributed by atoms with Crippen molar-refractivity contribution in [2.45, 2.75) is 0 Å². The van der Waals surface area contributed by atoms with Crippen molar-refractivity contribution in [2.24, 2.45) is 0 Å². The lowest BCUT2D eigenvalue weighted by atomic mass is 10.2. The van der Waals surface area contributed by atoms with Crippen LogP contribution in [0.15, 0.2) is 34.9 Å². The van der Waals surface area contributed by atoms with Crippen LogP contribution < -0.4 is 11.1 Å². The Morgan fingerprint density at radius 1 is 1.26 bits per heavy atom. The van der Waals surface area contributed by atoms with Crippen LogP contribution in [0.2, 0.25) is 0 Å². The van der Waals surface area contributed by atoms with E-state index in [9.17, 15) is 13.6 Å². The number of rotatable bonds is 2. The Hall–Kier alpha value is -2.02. The Labute approximate surface area is 115 Å². The van der Waals surface area contributed by atoms with E-state index in [1.54, 1.807) is 0 Å². The third-order valence-electron chi connectivity index (χ3n) is 2.28. The molecule has 0 aliphatic heterocycles. The highest BCUT2D eigenvalue weighted by molar-refractivity contribution is 9.10. The van der Waals surface area contributed by atoms with Crippen LogP contribution in [0.5, 0.6) is 0 Å². The molecular weight excluding hydrogens is 320 g/mol. The number of nitrogen functional groups attached to an aromatic ring is 1. The third kappa shape index (κ3) is 3.05. The molecule has 0 aliphatic carbocycles. The second-order valence-corrected chi connectivity index (χ2v) is 4.59. The molecule has 0 saturated carbocycles. The summed E-state index contributed by atoms with van der Waals surface area (Å²) >= 11 is 2.94. The van der Waals surface area contributed by atoms with Crippen LogP contribution in [0.1, 0.15) is 10.4 Å². The predicted octanol–water partition coefficient (Wildman–Crippen LogP) is 2.96. The molecule has 0 fully saturated rings. The zero-order valence-corrected chi connectivity index (χ0v) is 11.0. The number of nitrogens with zero attached hydrogens (tertiary/aromatic N) is 1. The second-order valence-electron chi connectivity index (χ2n) is 3.67. The maximum absolute atomic E-state index is 13.6. The normalized spacial score (nSPS) is 10.3. The van der Waals surface area contributed by atoms with Crippen LogP contribution in [0.4, 0.5) is 20.3 Å². The molecule has 0 saturated heterocycles. The highest BCUT2D eigenvalue weighted by Gasteiger charge is 2.18. The van der Waals surface area contributed by atoms with Gasteiger partial charge in [0.1, 0.15) is 23.0 Å². The number of anilines is 2. The lowest BCUT2D eigenvalue weighted by molar-refractivity contribution is 0.101. The summed E-state index contributed by atoms with van der Waals surface area (Å²) in [5, 5.41) is 2.33. The van der Waals surface area contributed by atoms with Crippen LogP contribution in [0.3, 0.4) is 0 Å². The van der Waals surface area contributed by atoms with Crippen LogP contribution in [0, 0.1) is 11.6 Å². The van der Waals surface area contributed by atoms with Crippen molar-refractivity contribution in [1.29, 1.82) is 0 Å². The summed E-state index contributed by atoms with van der Waals surface area (Å²) in [5.74, 6) is -2.52. The molecule has 1 amide bonds. The number of halogens is 3. The fourth-order valence-corrected chi connectivity index (χ4v) is 1.83. The van der Waals surface area contributed by atoms with Crippen molar-refractivity contribution in [3.63, 3.8) is 0 Å². The van der Waals surface area contributed by atoms with Crippen LogP contribution in [-0.2, 0) is 0 Å². The van der Waals surface area contributed by atoms with E-state index in [0.717, 1.165) is 12.1 Å². The number of carbonyl (C=O) groups excluding carboxylic acids is 1.